The van der Waals surface area contributed by atoms with Crippen molar-refractivity contribution in [1.82, 2.24) is 4.98 Å². The summed E-state index contributed by atoms with van der Waals surface area (Å²) in [6.45, 7) is 0.242. The second kappa shape index (κ2) is 4.53. The van der Waals surface area contributed by atoms with Crippen molar-refractivity contribution in [2.24, 2.45) is 0 Å². The maximum atomic E-state index is 11.8. The summed E-state index contributed by atoms with van der Waals surface area (Å²) in [4.78, 5) is 15.7. The smallest absolute Gasteiger partial charge is 0.227 e. The lowest BCUT2D eigenvalue weighted by atomic mass is 10.1. The van der Waals surface area contributed by atoms with E-state index in [1.807, 2.05) is 0 Å². The Kier molecular flexibility index (Phi) is 2.91. The maximum Gasteiger partial charge on any atom is 0.227 e. The zero-order valence-electron chi connectivity index (χ0n) is 8.58. The van der Waals surface area contributed by atoms with Crippen molar-refractivity contribution < 1.29 is 14.5 Å². The highest BCUT2D eigenvalue weighted by Crippen LogP contribution is 2.11. The van der Waals surface area contributed by atoms with Crippen LogP contribution in [0.3, 0.4) is 0 Å². The SMILES string of the molecule is O=C(C[n+]1ccncc1)c1cccc(O)c1. The number of benzene rings is 1. The number of hydrogen-bond donors (Lipinski definition) is 1. The summed E-state index contributed by atoms with van der Waals surface area (Å²) >= 11 is 0. The number of aromatic nitrogens is 2. The average Bonchev–Trinajstić information content (AvgIpc) is 2.30. The van der Waals surface area contributed by atoms with E-state index >= 15 is 0 Å². The number of carbonyl (C=O) groups excluding carboxylic acids is 1. The van der Waals surface area contributed by atoms with Gasteiger partial charge in [-0.1, -0.05) is 12.1 Å². The normalized spacial score (nSPS) is 10.0. The van der Waals surface area contributed by atoms with Crippen molar-refractivity contribution in [3.63, 3.8) is 0 Å². The predicted octanol–water partition coefficient (Wildman–Crippen LogP) is 0.958. The fourth-order valence-electron chi connectivity index (χ4n) is 1.39. The molecule has 0 fully saturated rings. The Labute approximate surface area is 92.8 Å². The van der Waals surface area contributed by atoms with Gasteiger partial charge in [0.25, 0.3) is 0 Å². The first kappa shape index (κ1) is 10.3. The highest BCUT2D eigenvalue weighted by Gasteiger charge is 2.11. The van der Waals surface area contributed by atoms with Crippen LogP contribution in [-0.4, -0.2) is 15.9 Å². The van der Waals surface area contributed by atoms with Crippen LogP contribution in [0.15, 0.2) is 49.1 Å². The minimum absolute atomic E-state index is 0.0490. The van der Waals surface area contributed by atoms with E-state index in [1.54, 1.807) is 41.5 Å². The van der Waals surface area contributed by atoms with Crippen LogP contribution in [0.2, 0.25) is 0 Å². The molecule has 0 bridgehead atoms. The highest BCUT2D eigenvalue weighted by atomic mass is 16.3. The molecule has 1 aromatic carbocycles. The van der Waals surface area contributed by atoms with Crippen LogP contribution < -0.4 is 4.57 Å². The Balaban J connectivity index is 2.15. The second-order valence-corrected chi connectivity index (χ2v) is 3.39. The molecule has 0 radical (unpaired) electrons. The molecule has 80 valence electrons. The van der Waals surface area contributed by atoms with Gasteiger partial charge in [0.15, 0.2) is 12.4 Å². The van der Waals surface area contributed by atoms with E-state index in [0.717, 1.165) is 0 Å². The van der Waals surface area contributed by atoms with E-state index in [9.17, 15) is 9.90 Å². The summed E-state index contributed by atoms with van der Waals surface area (Å²) in [7, 11) is 0. The number of phenolic OH excluding ortho intramolecular Hbond substituents is 1. The number of Topliss-reactive ketones (excluding diaryl/α,β-unsaturated/α-hetero) is 1. The molecule has 0 amide bonds. The third-order valence-electron chi connectivity index (χ3n) is 2.18. The van der Waals surface area contributed by atoms with Gasteiger partial charge in [0.05, 0.1) is 12.4 Å². The lowest BCUT2D eigenvalue weighted by Gasteiger charge is -1.98. The van der Waals surface area contributed by atoms with Crippen molar-refractivity contribution in [1.29, 1.82) is 0 Å². The quantitative estimate of drug-likeness (QED) is 0.612. The van der Waals surface area contributed by atoms with Crippen LogP contribution in [0.5, 0.6) is 5.75 Å². The monoisotopic (exact) mass is 215 g/mol. The summed E-state index contributed by atoms with van der Waals surface area (Å²) in [6, 6.07) is 6.34. The molecule has 4 nitrogen and oxygen atoms in total. The fourth-order valence-corrected chi connectivity index (χ4v) is 1.39. The van der Waals surface area contributed by atoms with Gasteiger partial charge in [-0.3, -0.25) is 9.78 Å². The second-order valence-electron chi connectivity index (χ2n) is 3.39. The Morgan fingerprint density at radius 1 is 1.31 bits per heavy atom. The lowest BCUT2D eigenvalue weighted by molar-refractivity contribution is -0.683. The van der Waals surface area contributed by atoms with Crippen molar-refractivity contribution >= 4 is 5.78 Å². The molecule has 16 heavy (non-hydrogen) atoms. The summed E-state index contributed by atoms with van der Waals surface area (Å²) in [6.07, 6.45) is 6.69. The molecule has 0 aliphatic carbocycles. The van der Waals surface area contributed by atoms with E-state index in [0.29, 0.717) is 5.56 Å². The molecule has 0 aliphatic rings. The van der Waals surface area contributed by atoms with Gasteiger partial charge in [-0.25, -0.2) is 0 Å². The van der Waals surface area contributed by atoms with Gasteiger partial charge < -0.3 is 5.11 Å². The summed E-state index contributed by atoms with van der Waals surface area (Å²) < 4.78 is 1.74. The van der Waals surface area contributed by atoms with Gasteiger partial charge in [-0.15, -0.1) is 0 Å². The van der Waals surface area contributed by atoms with E-state index in [-0.39, 0.29) is 18.1 Å². The first-order valence-electron chi connectivity index (χ1n) is 4.87. The summed E-state index contributed by atoms with van der Waals surface area (Å²) in [5.41, 5.74) is 0.504. The largest absolute Gasteiger partial charge is 0.508 e. The van der Waals surface area contributed by atoms with Crippen LogP contribution in [0.1, 0.15) is 10.4 Å². The van der Waals surface area contributed by atoms with Crippen LogP contribution in [0.25, 0.3) is 0 Å². The van der Waals surface area contributed by atoms with Crippen LogP contribution in [0.4, 0.5) is 0 Å². The summed E-state index contributed by atoms with van der Waals surface area (Å²) in [5.74, 6) is 0.0534. The van der Waals surface area contributed by atoms with Gasteiger partial charge in [-0.2, -0.15) is 4.57 Å². The van der Waals surface area contributed by atoms with Gasteiger partial charge in [0.1, 0.15) is 5.75 Å². The van der Waals surface area contributed by atoms with Gasteiger partial charge in [-0.05, 0) is 12.1 Å². The number of carbonyl (C=O) groups is 1. The molecule has 4 heteroatoms. The Bertz CT molecular complexity index is 497. The zero-order chi connectivity index (χ0) is 11.4. The first-order valence-corrected chi connectivity index (χ1v) is 4.87. The standard InChI is InChI=1S/C12H10N2O2/c15-11-3-1-2-10(8-11)12(16)9-14-6-4-13-5-7-14/h1-8H,9H2/p+1. The molecule has 0 saturated heterocycles. The number of rotatable bonds is 3. The van der Waals surface area contributed by atoms with Crippen LogP contribution in [-0.2, 0) is 6.54 Å². The van der Waals surface area contributed by atoms with Gasteiger partial charge in [0.2, 0.25) is 12.3 Å². The Morgan fingerprint density at radius 2 is 2.06 bits per heavy atom. The highest BCUT2D eigenvalue weighted by molar-refractivity contribution is 5.95. The predicted molar refractivity (Wildman–Crippen MR) is 56.9 cm³/mol. The summed E-state index contributed by atoms with van der Waals surface area (Å²) in [5, 5.41) is 9.26. The zero-order valence-corrected chi connectivity index (χ0v) is 8.58. The molecule has 2 rings (SSSR count). The van der Waals surface area contributed by atoms with E-state index in [2.05, 4.69) is 4.98 Å². The van der Waals surface area contributed by atoms with Crippen molar-refractivity contribution in [3.8, 4) is 5.75 Å². The fraction of sp³-hybridized carbons (Fsp3) is 0.0833. The van der Waals surface area contributed by atoms with Crippen molar-refractivity contribution in [2.75, 3.05) is 0 Å². The number of phenols is 1. The number of nitrogens with zero attached hydrogens (tertiary/aromatic N) is 2. The minimum Gasteiger partial charge on any atom is -0.508 e. The molecule has 1 N–H and O–H groups in total. The minimum atomic E-state index is -0.0490. The molecular formula is C12H11N2O2+. The molecule has 0 atom stereocenters. The van der Waals surface area contributed by atoms with E-state index in [4.69, 9.17) is 0 Å². The molecule has 0 aliphatic heterocycles. The third-order valence-corrected chi connectivity index (χ3v) is 2.18. The van der Waals surface area contributed by atoms with Gasteiger partial charge in [0, 0.05) is 5.56 Å². The molecule has 1 heterocycles. The van der Waals surface area contributed by atoms with Crippen molar-refractivity contribution in [2.45, 2.75) is 6.54 Å². The third kappa shape index (κ3) is 2.42. The van der Waals surface area contributed by atoms with Gasteiger partial charge >= 0.3 is 0 Å². The van der Waals surface area contributed by atoms with E-state index in [1.165, 1.54) is 12.1 Å². The van der Waals surface area contributed by atoms with Crippen LogP contribution >= 0.6 is 0 Å². The van der Waals surface area contributed by atoms with Crippen LogP contribution in [0, 0.1) is 0 Å². The first-order chi connectivity index (χ1) is 7.75. The molecule has 2 aromatic rings. The van der Waals surface area contributed by atoms with Crippen molar-refractivity contribution in [3.05, 3.63) is 54.6 Å². The number of aromatic hydroxyl groups is 1. The molecule has 0 spiro atoms. The number of ketones is 1. The Hall–Kier alpha value is -2.23. The average molecular weight is 215 g/mol. The number of hydrogen-bond acceptors (Lipinski definition) is 3. The topological polar surface area (TPSA) is 54.1 Å². The maximum absolute atomic E-state index is 11.8. The lowest BCUT2D eigenvalue weighted by Crippen LogP contribution is -2.37. The van der Waals surface area contributed by atoms with E-state index < -0.39 is 0 Å². The molecule has 0 saturated carbocycles. The Morgan fingerprint density at radius 3 is 2.75 bits per heavy atom. The molecule has 1 aromatic heterocycles. The molecule has 0 unspecified atom stereocenters. The molecular weight excluding hydrogens is 204 g/mol.